The van der Waals surface area contributed by atoms with Gasteiger partial charge in [0.25, 0.3) is 0 Å². The van der Waals surface area contributed by atoms with Crippen LogP contribution in [-0.2, 0) is 0 Å². The van der Waals surface area contributed by atoms with Crippen LogP contribution in [0, 0.1) is 0 Å². The van der Waals surface area contributed by atoms with Crippen molar-refractivity contribution < 1.29 is 0 Å². The molecule has 0 aromatic heterocycles. The maximum absolute atomic E-state index is 6.01. The molecule has 0 N–H and O–H groups in total. The first kappa shape index (κ1) is 19.3. The molecule has 1 aliphatic heterocycles. The Morgan fingerprint density at radius 1 is 0.615 bits per heavy atom. The van der Waals surface area contributed by atoms with Crippen LogP contribution in [0.25, 0.3) is 0 Å². The largest absolute Gasteiger partial charge is 0.293 e. The highest BCUT2D eigenvalue weighted by Gasteiger charge is 2.13. The van der Waals surface area contributed by atoms with Crippen molar-refractivity contribution in [3.8, 4) is 0 Å². The van der Waals surface area contributed by atoms with Gasteiger partial charge < -0.3 is 0 Å². The SMILES string of the molecule is Clc1ccc(C=NN2CCN(N=Cc3ccc(Cl)c(Cl)c3)CC2)cc1Cl. The Labute approximate surface area is 172 Å². The van der Waals surface area contributed by atoms with Gasteiger partial charge in [0.2, 0.25) is 0 Å². The Kier molecular flexibility index (Phi) is 6.65. The molecular weight excluding hydrogens is 414 g/mol. The zero-order valence-corrected chi connectivity index (χ0v) is 16.8. The third-order valence-corrected chi connectivity index (χ3v) is 5.34. The number of hydrogen-bond donors (Lipinski definition) is 0. The van der Waals surface area contributed by atoms with E-state index >= 15 is 0 Å². The van der Waals surface area contributed by atoms with Gasteiger partial charge in [-0.05, 0) is 35.4 Å². The molecule has 0 aliphatic carbocycles. The highest BCUT2D eigenvalue weighted by atomic mass is 35.5. The average molecular weight is 430 g/mol. The first-order valence-corrected chi connectivity index (χ1v) is 9.50. The van der Waals surface area contributed by atoms with Crippen molar-refractivity contribution in [2.45, 2.75) is 0 Å². The van der Waals surface area contributed by atoms with E-state index in [2.05, 4.69) is 10.2 Å². The molecular formula is C18H16Cl4N4. The lowest BCUT2D eigenvalue weighted by molar-refractivity contribution is 0.141. The molecule has 1 aliphatic rings. The first-order valence-electron chi connectivity index (χ1n) is 7.99. The predicted molar refractivity (Wildman–Crippen MR) is 111 cm³/mol. The minimum atomic E-state index is 0.525. The van der Waals surface area contributed by atoms with E-state index in [1.807, 2.05) is 22.2 Å². The lowest BCUT2D eigenvalue weighted by Gasteiger charge is -2.31. The summed E-state index contributed by atoms with van der Waals surface area (Å²) in [6, 6.07) is 10.9. The summed E-state index contributed by atoms with van der Waals surface area (Å²) >= 11 is 23.9. The van der Waals surface area contributed by atoms with Crippen LogP contribution in [0.1, 0.15) is 11.1 Å². The van der Waals surface area contributed by atoms with Gasteiger partial charge in [-0.25, -0.2) is 0 Å². The highest BCUT2D eigenvalue weighted by Crippen LogP contribution is 2.22. The second-order valence-corrected chi connectivity index (χ2v) is 7.37. The second kappa shape index (κ2) is 8.96. The van der Waals surface area contributed by atoms with Crippen LogP contribution >= 0.6 is 46.4 Å². The zero-order chi connectivity index (χ0) is 18.5. The minimum absolute atomic E-state index is 0.525. The Hall–Kier alpha value is -1.46. The van der Waals surface area contributed by atoms with E-state index in [0.29, 0.717) is 20.1 Å². The summed E-state index contributed by atoms with van der Waals surface area (Å²) in [5.74, 6) is 0. The quantitative estimate of drug-likeness (QED) is 0.618. The second-order valence-electron chi connectivity index (χ2n) is 5.74. The number of halogens is 4. The van der Waals surface area contributed by atoms with Gasteiger partial charge in [0.1, 0.15) is 0 Å². The fourth-order valence-corrected chi connectivity index (χ4v) is 3.01. The lowest BCUT2D eigenvalue weighted by atomic mass is 10.2. The highest BCUT2D eigenvalue weighted by molar-refractivity contribution is 6.42. The van der Waals surface area contributed by atoms with Crippen molar-refractivity contribution in [1.82, 2.24) is 10.0 Å². The fourth-order valence-electron chi connectivity index (χ4n) is 2.40. The van der Waals surface area contributed by atoms with Gasteiger partial charge in [0, 0.05) is 0 Å². The monoisotopic (exact) mass is 428 g/mol. The summed E-state index contributed by atoms with van der Waals surface area (Å²) in [5, 5.41) is 15.1. The van der Waals surface area contributed by atoms with Crippen molar-refractivity contribution in [3.63, 3.8) is 0 Å². The number of hydrazone groups is 2. The third-order valence-electron chi connectivity index (χ3n) is 3.86. The molecule has 0 saturated carbocycles. The Morgan fingerprint density at radius 3 is 1.35 bits per heavy atom. The molecule has 0 atom stereocenters. The normalized spacial score (nSPS) is 15.4. The van der Waals surface area contributed by atoms with Crippen LogP contribution in [0.3, 0.4) is 0 Å². The Balaban J connectivity index is 1.52. The Morgan fingerprint density at radius 2 is 1.00 bits per heavy atom. The molecule has 1 heterocycles. The summed E-state index contributed by atoms with van der Waals surface area (Å²) in [7, 11) is 0. The molecule has 0 spiro atoms. The summed E-state index contributed by atoms with van der Waals surface area (Å²) in [6.45, 7) is 3.15. The van der Waals surface area contributed by atoms with E-state index < -0.39 is 0 Å². The minimum Gasteiger partial charge on any atom is -0.293 e. The summed E-state index contributed by atoms with van der Waals surface area (Å²) < 4.78 is 0. The molecule has 1 saturated heterocycles. The number of piperazine rings is 1. The summed E-state index contributed by atoms with van der Waals surface area (Å²) in [6.07, 6.45) is 3.58. The predicted octanol–water partition coefficient (Wildman–Crippen LogP) is 5.29. The van der Waals surface area contributed by atoms with Crippen LogP contribution in [0.2, 0.25) is 20.1 Å². The van der Waals surface area contributed by atoms with Gasteiger partial charge in [0.15, 0.2) is 0 Å². The molecule has 1 fully saturated rings. The fraction of sp³-hybridized carbons (Fsp3) is 0.222. The van der Waals surface area contributed by atoms with E-state index in [1.165, 1.54) is 0 Å². The molecule has 0 unspecified atom stereocenters. The number of nitrogens with zero attached hydrogens (tertiary/aromatic N) is 4. The molecule has 3 rings (SSSR count). The molecule has 2 aromatic rings. The molecule has 136 valence electrons. The standard InChI is InChI=1S/C18H16Cl4N4/c19-15-3-1-13(9-17(15)21)11-23-25-5-7-26(8-6-25)24-12-14-2-4-16(20)18(22)10-14/h1-4,9-12H,5-8H2. The van der Waals surface area contributed by atoms with Crippen LogP contribution < -0.4 is 0 Å². The van der Waals surface area contributed by atoms with Crippen molar-refractivity contribution in [2.24, 2.45) is 10.2 Å². The molecule has 0 amide bonds. The third kappa shape index (κ3) is 5.27. The topological polar surface area (TPSA) is 31.2 Å². The van der Waals surface area contributed by atoms with Crippen molar-refractivity contribution >= 4 is 58.8 Å². The van der Waals surface area contributed by atoms with Crippen molar-refractivity contribution in [1.29, 1.82) is 0 Å². The van der Waals surface area contributed by atoms with Gasteiger partial charge in [-0.2, -0.15) is 10.2 Å². The summed E-state index contributed by atoms with van der Waals surface area (Å²) in [5.41, 5.74) is 1.83. The Bertz CT molecular complexity index is 760. The van der Waals surface area contributed by atoms with Crippen LogP contribution in [-0.4, -0.2) is 48.6 Å². The van der Waals surface area contributed by atoms with E-state index in [1.54, 1.807) is 36.7 Å². The van der Waals surface area contributed by atoms with Crippen LogP contribution in [0.4, 0.5) is 0 Å². The average Bonchev–Trinajstić information content (AvgIpc) is 2.64. The first-order chi connectivity index (χ1) is 12.5. The van der Waals surface area contributed by atoms with Crippen LogP contribution in [0.15, 0.2) is 46.6 Å². The molecule has 8 heteroatoms. The maximum Gasteiger partial charge on any atom is 0.0598 e. The molecule has 0 radical (unpaired) electrons. The van der Waals surface area contributed by atoms with E-state index in [0.717, 1.165) is 37.3 Å². The van der Waals surface area contributed by atoms with E-state index in [4.69, 9.17) is 46.4 Å². The maximum atomic E-state index is 6.01. The molecule has 26 heavy (non-hydrogen) atoms. The molecule has 4 nitrogen and oxygen atoms in total. The lowest BCUT2D eigenvalue weighted by Crippen LogP contribution is -2.41. The van der Waals surface area contributed by atoms with Gasteiger partial charge in [-0.3, -0.25) is 10.0 Å². The van der Waals surface area contributed by atoms with Gasteiger partial charge in [-0.15, -0.1) is 0 Å². The van der Waals surface area contributed by atoms with Crippen molar-refractivity contribution in [2.75, 3.05) is 26.2 Å². The smallest absolute Gasteiger partial charge is 0.0598 e. The van der Waals surface area contributed by atoms with Gasteiger partial charge in [0.05, 0.1) is 58.7 Å². The summed E-state index contributed by atoms with van der Waals surface area (Å²) in [4.78, 5) is 0. The number of rotatable bonds is 4. The van der Waals surface area contributed by atoms with Gasteiger partial charge in [-0.1, -0.05) is 58.5 Å². The number of hydrogen-bond acceptors (Lipinski definition) is 4. The number of benzene rings is 2. The van der Waals surface area contributed by atoms with Crippen molar-refractivity contribution in [3.05, 3.63) is 67.6 Å². The molecule has 0 bridgehead atoms. The zero-order valence-electron chi connectivity index (χ0n) is 13.7. The van der Waals surface area contributed by atoms with Crippen LogP contribution in [0.5, 0.6) is 0 Å². The van der Waals surface area contributed by atoms with Gasteiger partial charge >= 0.3 is 0 Å². The van der Waals surface area contributed by atoms with E-state index in [-0.39, 0.29) is 0 Å². The molecule has 2 aromatic carbocycles. The van der Waals surface area contributed by atoms with E-state index in [9.17, 15) is 0 Å².